The minimum absolute atomic E-state index is 0.926. The first-order valence-corrected chi connectivity index (χ1v) is 6.71. The lowest BCUT2D eigenvalue weighted by Gasteiger charge is -2.09. The van der Waals surface area contributed by atoms with Crippen LogP contribution in [0.3, 0.4) is 0 Å². The summed E-state index contributed by atoms with van der Waals surface area (Å²) in [6, 6.07) is 8.29. The lowest BCUT2D eigenvalue weighted by molar-refractivity contribution is 0.561. The van der Waals surface area contributed by atoms with E-state index in [9.17, 15) is 0 Å². The molecule has 0 spiro atoms. The Hall–Kier alpha value is -2.10. The van der Waals surface area contributed by atoms with Crippen molar-refractivity contribution in [1.82, 2.24) is 19.1 Å². The fraction of sp³-hybridized carbons (Fsp3) is 0.333. The number of para-hydroxylation sites is 2. The van der Waals surface area contributed by atoms with Crippen LogP contribution in [-0.4, -0.2) is 19.1 Å². The van der Waals surface area contributed by atoms with Crippen LogP contribution in [-0.2, 0) is 19.5 Å². The van der Waals surface area contributed by atoms with Gasteiger partial charge in [0.15, 0.2) is 0 Å². The Morgan fingerprint density at radius 3 is 2.84 bits per heavy atom. The van der Waals surface area contributed by atoms with Gasteiger partial charge in [0.2, 0.25) is 0 Å². The monoisotopic (exact) mass is 254 g/mol. The van der Waals surface area contributed by atoms with E-state index >= 15 is 0 Å². The molecule has 3 aromatic rings. The molecule has 0 aliphatic heterocycles. The summed E-state index contributed by atoms with van der Waals surface area (Å²) in [7, 11) is 0. The highest BCUT2D eigenvalue weighted by molar-refractivity contribution is 5.75. The third-order valence-corrected chi connectivity index (χ3v) is 3.53. The highest BCUT2D eigenvalue weighted by Crippen LogP contribution is 2.15. The number of rotatable bonds is 4. The minimum atomic E-state index is 0.926. The Balaban J connectivity index is 1.88. The number of nitrogens with zero attached hydrogens (tertiary/aromatic N) is 4. The van der Waals surface area contributed by atoms with Gasteiger partial charge in [-0.1, -0.05) is 19.1 Å². The van der Waals surface area contributed by atoms with Crippen molar-refractivity contribution in [1.29, 1.82) is 0 Å². The van der Waals surface area contributed by atoms with Gasteiger partial charge in [-0.15, -0.1) is 0 Å². The molecule has 0 fully saturated rings. The summed E-state index contributed by atoms with van der Waals surface area (Å²) >= 11 is 0. The van der Waals surface area contributed by atoms with E-state index in [1.165, 1.54) is 5.52 Å². The lowest BCUT2D eigenvalue weighted by Crippen LogP contribution is -2.10. The summed E-state index contributed by atoms with van der Waals surface area (Å²) in [5.74, 6) is 2.21. The maximum atomic E-state index is 4.59. The second-order valence-electron chi connectivity index (χ2n) is 4.69. The highest BCUT2D eigenvalue weighted by Gasteiger charge is 2.07. The van der Waals surface area contributed by atoms with Gasteiger partial charge in [0.1, 0.15) is 11.6 Å². The highest BCUT2D eigenvalue weighted by atomic mass is 15.1. The number of benzene rings is 1. The van der Waals surface area contributed by atoms with Gasteiger partial charge in [-0.25, -0.2) is 9.97 Å². The third-order valence-electron chi connectivity index (χ3n) is 3.53. The predicted octanol–water partition coefficient (Wildman–Crippen LogP) is 2.80. The van der Waals surface area contributed by atoms with Crippen molar-refractivity contribution in [3.05, 3.63) is 48.3 Å². The van der Waals surface area contributed by atoms with E-state index in [4.69, 9.17) is 0 Å². The summed E-state index contributed by atoms with van der Waals surface area (Å²) in [5, 5.41) is 0. The zero-order valence-electron chi connectivity index (χ0n) is 11.4. The van der Waals surface area contributed by atoms with Crippen LogP contribution in [0.15, 0.2) is 36.7 Å². The summed E-state index contributed by atoms with van der Waals surface area (Å²) in [4.78, 5) is 8.95. The van der Waals surface area contributed by atoms with Gasteiger partial charge in [0, 0.05) is 31.9 Å². The zero-order valence-corrected chi connectivity index (χ0v) is 11.4. The van der Waals surface area contributed by atoms with E-state index in [1.807, 2.05) is 18.5 Å². The van der Waals surface area contributed by atoms with Crippen molar-refractivity contribution in [2.45, 2.75) is 33.4 Å². The average molecular weight is 254 g/mol. The first kappa shape index (κ1) is 12.0. The number of hydrogen-bond acceptors (Lipinski definition) is 2. The molecular weight excluding hydrogens is 236 g/mol. The van der Waals surface area contributed by atoms with Crippen molar-refractivity contribution < 1.29 is 0 Å². The van der Waals surface area contributed by atoms with Crippen LogP contribution in [0, 0.1) is 6.92 Å². The average Bonchev–Trinajstić information content (AvgIpc) is 2.99. The molecule has 2 heterocycles. The molecule has 4 nitrogen and oxygen atoms in total. The maximum absolute atomic E-state index is 4.59. The molecular formula is C15H18N4. The van der Waals surface area contributed by atoms with E-state index < -0.39 is 0 Å². The molecule has 0 bridgehead atoms. The summed E-state index contributed by atoms with van der Waals surface area (Å²) in [5.41, 5.74) is 2.28. The largest absolute Gasteiger partial charge is 0.333 e. The van der Waals surface area contributed by atoms with Gasteiger partial charge in [-0.05, 0) is 19.1 Å². The van der Waals surface area contributed by atoms with Crippen molar-refractivity contribution >= 4 is 11.0 Å². The Morgan fingerprint density at radius 2 is 2.00 bits per heavy atom. The first-order chi connectivity index (χ1) is 9.29. The predicted molar refractivity (Wildman–Crippen MR) is 76.1 cm³/mol. The van der Waals surface area contributed by atoms with Crippen LogP contribution in [0.2, 0.25) is 0 Å². The molecule has 0 unspecified atom stereocenters. The van der Waals surface area contributed by atoms with E-state index in [2.05, 4.69) is 51.1 Å². The van der Waals surface area contributed by atoms with Crippen LogP contribution in [0.5, 0.6) is 0 Å². The summed E-state index contributed by atoms with van der Waals surface area (Å²) in [6.45, 7) is 6.06. The van der Waals surface area contributed by atoms with Gasteiger partial charge in [0.25, 0.3) is 0 Å². The maximum Gasteiger partial charge on any atom is 0.108 e. The molecule has 98 valence electrons. The Labute approximate surface area is 112 Å². The van der Waals surface area contributed by atoms with Crippen LogP contribution >= 0.6 is 0 Å². The Morgan fingerprint density at radius 1 is 1.16 bits per heavy atom. The van der Waals surface area contributed by atoms with E-state index in [0.717, 1.165) is 36.7 Å². The number of hydrogen-bond donors (Lipinski definition) is 0. The second-order valence-corrected chi connectivity index (χ2v) is 4.69. The topological polar surface area (TPSA) is 35.6 Å². The normalized spacial score (nSPS) is 11.3. The Kier molecular flexibility index (Phi) is 3.07. The first-order valence-electron chi connectivity index (χ1n) is 6.71. The molecule has 0 atom stereocenters. The van der Waals surface area contributed by atoms with Crippen LogP contribution < -0.4 is 0 Å². The molecule has 0 saturated heterocycles. The number of aryl methyl sites for hydroxylation is 4. The number of imidazole rings is 2. The minimum Gasteiger partial charge on any atom is -0.333 e. The van der Waals surface area contributed by atoms with Crippen molar-refractivity contribution in [2.24, 2.45) is 0 Å². The molecule has 2 aromatic heterocycles. The molecule has 0 aliphatic rings. The van der Waals surface area contributed by atoms with E-state index in [1.54, 1.807) is 0 Å². The molecule has 0 amide bonds. The van der Waals surface area contributed by atoms with Gasteiger partial charge >= 0.3 is 0 Å². The van der Waals surface area contributed by atoms with Crippen LogP contribution in [0.1, 0.15) is 18.6 Å². The lowest BCUT2D eigenvalue weighted by atomic mass is 10.3. The molecule has 0 N–H and O–H groups in total. The quantitative estimate of drug-likeness (QED) is 0.717. The van der Waals surface area contributed by atoms with Gasteiger partial charge in [-0.2, -0.15) is 0 Å². The van der Waals surface area contributed by atoms with Crippen LogP contribution in [0.25, 0.3) is 11.0 Å². The second kappa shape index (κ2) is 4.88. The Bertz CT molecular complexity index is 693. The third kappa shape index (κ3) is 2.14. The molecule has 0 radical (unpaired) electrons. The van der Waals surface area contributed by atoms with Crippen molar-refractivity contribution in [3.8, 4) is 0 Å². The molecule has 0 aliphatic carbocycles. The number of aromatic nitrogens is 4. The molecule has 19 heavy (non-hydrogen) atoms. The van der Waals surface area contributed by atoms with Crippen molar-refractivity contribution in [3.63, 3.8) is 0 Å². The smallest absolute Gasteiger partial charge is 0.108 e. The fourth-order valence-corrected chi connectivity index (χ4v) is 2.54. The fourth-order valence-electron chi connectivity index (χ4n) is 2.54. The van der Waals surface area contributed by atoms with Gasteiger partial charge in [0.05, 0.1) is 11.0 Å². The standard InChI is InChI=1S/C15H18N4/c1-3-15-16-8-9-18(15)10-11-19-12(2)17-13-6-4-5-7-14(13)19/h4-9H,3,10-11H2,1-2H3. The van der Waals surface area contributed by atoms with Gasteiger partial charge in [-0.3, -0.25) is 0 Å². The van der Waals surface area contributed by atoms with Gasteiger partial charge < -0.3 is 9.13 Å². The van der Waals surface area contributed by atoms with Crippen LogP contribution in [0.4, 0.5) is 0 Å². The summed E-state index contributed by atoms with van der Waals surface area (Å²) in [6.07, 6.45) is 4.89. The van der Waals surface area contributed by atoms with E-state index in [0.29, 0.717) is 0 Å². The molecule has 1 aromatic carbocycles. The number of fused-ring (bicyclic) bond motifs is 1. The van der Waals surface area contributed by atoms with Crippen molar-refractivity contribution in [2.75, 3.05) is 0 Å². The molecule has 0 saturated carbocycles. The SMILES string of the molecule is CCc1nccn1CCn1c(C)nc2ccccc21. The molecule has 3 rings (SSSR count). The molecule has 4 heteroatoms. The zero-order chi connectivity index (χ0) is 13.2. The van der Waals surface area contributed by atoms with E-state index in [-0.39, 0.29) is 0 Å². The summed E-state index contributed by atoms with van der Waals surface area (Å²) < 4.78 is 4.49.